The van der Waals surface area contributed by atoms with E-state index in [2.05, 4.69) is 0 Å². The number of nitrogens with zero attached hydrogens (tertiary/aromatic N) is 1. The lowest BCUT2D eigenvalue weighted by Crippen LogP contribution is -2.43. The minimum Gasteiger partial charge on any atom is -0.393 e. The third-order valence-electron chi connectivity index (χ3n) is 4.30. The van der Waals surface area contributed by atoms with E-state index in [9.17, 15) is 14.7 Å². The normalized spacial score (nSPS) is 38.1. The summed E-state index contributed by atoms with van der Waals surface area (Å²) in [7, 11) is 0. The maximum Gasteiger partial charge on any atom is 0.236 e. The van der Waals surface area contributed by atoms with Crippen LogP contribution in [0, 0.1) is 11.8 Å². The quantitative estimate of drug-likeness (QED) is 0.411. The molecular formula is C14H19NO5. The van der Waals surface area contributed by atoms with E-state index in [0.29, 0.717) is 13.2 Å². The predicted molar refractivity (Wildman–Crippen MR) is 68.6 cm³/mol. The lowest BCUT2D eigenvalue weighted by molar-refractivity contribution is -0.146. The van der Waals surface area contributed by atoms with Crippen molar-refractivity contribution < 1.29 is 24.2 Å². The number of aliphatic hydroxyl groups is 1. The monoisotopic (exact) mass is 281 g/mol. The average molecular weight is 281 g/mol. The molecule has 4 unspecified atom stereocenters. The highest BCUT2D eigenvalue weighted by molar-refractivity contribution is 6.07. The molecule has 0 aromatic carbocycles. The van der Waals surface area contributed by atoms with E-state index in [1.54, 1.807) is 12.2 Å². The van der Waals surface area contributed by atoms with E-state index in [-0.39, 0.29) is 31.1 Å². The Morgan fingerprint density at radius 3 is 2.90 bits per heavy atom. The van der Waals surface area contributed by atoms with Crippen molar-refractivity contribution in [2.24, 2.45) is 11.8 Å². The lowest BCUT2D eigenvalue weighted by atomic mass is 9.77. The van der Waals surface area contributed by atoms with Crippen LogP contribution in [0.15, 0.2) is 12.2 Å². The summed E-state index contributed by atoms with van der Waals surface area (Å²) < 4.78 is 11.0. The molecule has 0 aliphatic carbocycles. The van der Waals surface area contributed by atoms with E-state index in [1.165, 1.54) is 4.90 Å². The molecule has 0 radical (unpaired) electrons. The number of hydrogen-bond acceptors (Lipinski definition) is 5. The highest BCUT2D eigenvalue weighted by atomic mass is 16.5. The van der Waals surface area contributed by atoms with Gasteiger partial charge in [0.15, 0.2) is 0 Å². The number of carbonyl (C=O) groups excluding carboxylic acids is 2. The molecule has 3 rings (SSSR count). The fourth-order valence-electron chi connectivity index (χ4n) is 3.37. The zero-order chi connectivity index (χ0) is 14.3. The molecule has 2 saturated heterocycles. The molecule has 0 aromatic heterocycles. The van der Waals surface area contributed by atoms with Gasteiger partial charge < -0.3 is 14.6 Å². The second-order valence-corrected chi connectivity index (χ2v) is 5.50. The molecule has 3 heterocycles. The van der Waals surface area contributed by atoms with Gasteiger partial charge >= 0.3 is 0 Å². The van der Waals surface area contributed by atoms with Crippen LogP contribution in [-0.2, 0) is 19.1 Å². The molecule has 3 aliphatic rings. The first-order valence-corrected chi connectivity index (χ1v) is 7.05. The smallest absolute Gasteiger partial charge is 0.236 e. The van der Waals surface area contributed by atoms with Gasteiger partial charge in [0.2, 0.25) is 11.8 Å². The van der Waals surface area contributed by atoms with Gasteiger partial charge in [-0.2, -0.15) is 0 Å². The molecular weight excluding hydrogens is 262 g/mol. The Hall–Kier alpha value is -1.24. The lowest BCUT2D eigenvalue weighted by Gasteiger charge is -2.26. The molecule has 0 aromatic rings. The van der Waals surface area contributed by atoms with Crippen LogP contribution in [0.25, 0.3) is 0 Å². The second-order valence-electron chi connectivity index (χ2n) is 5.50. The van der Waals surface area contributed by atoms with Gasteiger partial charge in [-0.05, 0) is 6.42 Å². The molecule has 2 bridgehead atoms. The van der Waals surface area contributed by atoms with Crippen LogP contribution in [0.5, 0.6) is 0 Å². The number of rotatable bonds is 6. The Morgan fingerprint density at radius 1 is 1.40 bits per heavy atom. The van der Waals surface area contributed by atoms with Crippen LogP contribution in [0.1, 0.15) is 13.3 Å². The molecule has 3 aliphatic heterocycles. The number of carbonyl (C=O) groups is 2. The molecule has 0 spiro atoms. The summed E-state index contributed by atoms with van der Waals surface area (Å²) in [5.74, 6) is -1.52. The van der Waals surface area contributed by atoms with Crippen molar-refractivity contribution in [2.75, 3.05) is 26.4 Å². The average Bonchev–Trinajstić information content (AvgIpc) is 3.09. The van der Waals surface area contributed by atoms with Crippen molar-refractivity contribution in [1.82, 2.24) is 4.90 Å². The summed E-state index contributed by atoms with van der Waals surface area (Å²) in [6.45, 7) is 2.98. The third kappa shape index (κ3) is 1.75. The van der Waals surface area contributed by atoms with Crippen LogP contribution >= 0.6 is 0 Å². The molecule has 2 amide bonds. The molecule has 4 atom stereocenters. The SMILES string of the molecule is CCCOCCN1C(=O)C2C3C=CC(CO)(O3)C2C1=O. The summed E-state index contributed by atoms with van der Waals surface area (Å²) in [6.07, 6.45) is 4.02. The maximum absolute atomic E-state index is 12.4. The fourth-order valence-corrected chi connectivity index (χ4v) is 3.37. The number of amides is 2. The zero-order valence-electron chi connectivity index (χ0n) is 11.4. The van der Waals surface area contributed by atoms with E-state index in [4.69, 9.17) is 9.47 Å². The van der Waals surface area contributed by atoms with Gasteiger partial charge in [-0.1, -0.05) is 19.1 Å². The highest BCUT2D eigenvalue weighted by Gasteiger charge is 2.67. The van der Waals surface area contributed by atoms with Gasteiger partial charge in [0, 0.05) is 6.61 Å². The summed E-state index contributed by atoms with van der Waals surface area (Å²) in [5.41, 5.74) is -0.999. The van der Waals surface area contributed by atoms with Crippen LogP contribution < -0.4 is 0 Å². The van der Waals surface area contributed by atoms with Crippen molar-refractivity contribution in [3.05, 3.63) is 12.2 Å². The van der Waals surface area contributed by atoms with E-state index < -0.39 is 17.4 Å². The number of imide groups is 1. The van der Waals surface area contributed by atoms with E-state index in [1.807, 2.05) is 6.92 Å². The summed E-state index contributed by atoms with van der Waals surface area (Å²) in [6, 6.07) is 0. The van der Waals surface area contributed by atoms with E-state index in [0.717, 1.165) is 6.42 Å². The number of likely N-dealkylation sites (tertiary alicyclic amines) is 1. The Morgan fingerprint density at radius 2 is 2.20 bits per heavy atom. The van der Waals surface area contributed by atoms with Crippen LogP contribution in [0.2, 0.25) is 0 Å². The molecule has 0 saturated carbocycles. The summed E-state index contributed by atoms with van der Waals surface area (Å²) >= 11 is 0. The first kappa shape index (κ1) is 13.7. The molecule has 110 valence electrons. The Bertz CT molecular complexity index is 462. The van der Waals surface area contributed by atoms with Crippen molar-refractivity contribution in [1.29, 1.82) is 0 Å². The van der Waals surface area contributed by atoms with Crippen molar-refractivity contribution in [3.8, 4) is 0 Å². The van der Waals surface area contributed by atoms with Crippen molar-refractivity contribution in [2.45, 2.75) is 25.0 Å². The fraction of sp³-hybridized carbons (Fsp3) is 0.714. The summed E-state index contributed by atoms with van der Waals surface area (Å²) in [4.78, 5) is 26.1. The van der Waals surface area contributed by atoms with E-state index >= 15 is 0 Å². The maximum atomic E-state index is 12.4. The molecule has 6 heteroatoms. The van der Waals surface area contributed by atoms with Gasteiger partial charge in [0.05, 0.1) is 37.7 Å². The molecule has 1 N–H and O–H groups in total. The minimum absolute atomic E-state index is 0.204. The number of hydrogen-bond donors (Lipinski definition) is 1. The summed E-state index contributed by atoms with van der Waals surface area (Å²) in [5, 5.41) is 9.54. The number of ether oxygens (including phenoxy) is 2. The van der Waals surface area contributed by atoms with Gasteiger partial charge in [0.1, 0.15) is 5.60 Å². The second kappa shape index (κ2) is 4.95. The Kier molecular flexibility index (Phi) is 3.40. The van der Waals surface area contributed by atoms with Gasteiger partial charge in [-0.25, -0.2) is 0 Å². The van der Waals surface area contributed by atoms with Crippen LogP contribution in [-0.4, -0.2) is 59.9 Å². The Labute approximate surface area is 117 Å². The van der Waals surface area contributed by atoms with Crippen LogP contribution in [0.3, 0.4) is 0 Å². The minimum atomic E-state index is -0.999. The molecule has 2 fully saturated rings. The molecule has 6 nitrogen and oxygen atoms in total. The van der Waals surface area contributed by atoms with Crippen molar-refractivity contribution >= 4 is 11.8 Å². The van der Waals surface area contributed by atoms with Crippen LogP contribution in [0.4, 0.5) is 0 Å². The standard InChI is InChI=1S/C14H19NO5/c1-2-6-19-7-5-15-12(17)10-9-3-4-14(8-16,20-9)11(10)13(15)18/h3-4,9-11,16H,2,5-8H2,1H3. The third-order valence-corrected chi connectivity index (χ3v) is 4.30. The number of aliphatic hydroxyl groups excluding tert-OH is 1. The Balaban J connectivity index is 1.73. The number of fused-ring (bicyclic) bond motifs is 5. The predicted octanol–water partition coefficient (Wildman–Crippen LogP) is -0.286. The largest absolute Gasteiger partial charge is 0.393 e. The first-order valence-electron chi connectivity index (χ1n) is 7.05. The molecule has 20 heavy (non-hydrogen) atoms. The van der Waals surface area contributed by atoms with Gasteiger partial charge in [0.25, 0.3) is 0 Å². The highest BCUT2D eigenvalue weighted by Crippen LogP contribution is 2.51. The zero-order valence-corrected chi connectivity index (χ0v) is 11.4. The first-order chi connectivity index (χ1) is 9.64. The van der Waals surface area contributed by atoms with Crippen molar-refractivity contribution in [3.63, 3.8) is 0 Å². The topological polar surface area (TPSA) is 76.1 Å². The van der Waals surface area contributed by atoms with Gasteiger partial charge in [-0.15, -0.1) is 0 Å². The van der Waals surface area contributed by atoms with Gasteiger partial charge in [-0.3, -0.25) is 14.5 Å².